The van der Waals surface area contributed by atoms with Crippen LogP contribution in [0.4, 0.5) is 0 Å². The number of nitro groups is 1. The van der Waals surface area contributed by atoms with Crippen molar-refractivity contribution in [3.63, 3.8) is 0 Å². The molecular formula is C9H19NO3. The quantitative estimate of drug-likeness (QED) is 0.378. The van der Waals surface area contributed by atoms with E-state index in [0.29, 0.717) is 6.42 Å². The fraction of sp³-hybridized carbons (Fsp3) is 1.00. The normalized spacial score (nSPS) is 15.3. The smallest absolute Gasteiger partial charge is 0.242 e. The average molecular weight is 189 g/mol. The lowest BCUT2D eigenvalue weighted by Gasteiger charge is -2.17. The molecule has 4 heteroatoms. The molecule has 1 N–H and O–H groups in total. The van der Waals surface area contributed by atoms with Gasteiger partial charge in [0.05, 0.1) is 0 Å². The molecule has 1 atom stereocenters. The van der Waals surface area contributed by atoms with Gasteiger partial charge in [-0.05, 0) is 6.42 Å². The Hall–Kier alpha value is -0.640. The van der Waals surface area contributed by atoms with Crippen molar-refractivity contribution in [2.75, 3.05) is 6.61 Å². The van der Waals surface area contributed by atoms with Gasteiger partial charge in [-0.15, -0.1) is 0 Å². The van der Waals surface area contributed by atoms with Gasteiger partial charge in [0.1, 0.15) is 6.61 Å². The lowest BCUT2D eigenvalue weighted by molar-refractivity contribution is -0.570. The van der Waals surface area contributed by atoms with E-state index >= 15 is 0 Å². The molecule has 0 aromatic heterocycles. The van der Waals surface area contributed by atoms with Crippen LogP contribution in [0.1, 0.15) is 46.0 Å². The molecular weight excluding hydrogens is 170 g/mol. The van der Waals surface area contributed by atoms with Crippen molar-refractivity contribution in [2.45, 2.75) is 51.5 Å². The highest BCUT2D eigenvalue weighted by Crippen LogP contribution is 2.17. The minimum Gasteiger partial charge on any atom is -0.389 e. The van der Waals surface area contributed by atoms with Gasteiger partial charge < -0.3 is 5.11 Å². The van der Waals surface area contributed by atoms with Crippen LogP contribution in [0.2, 0.25) is 0 Å². The Labute approximate surface area is 79.1 Å². The third-order valence-electron chi connectivity index (χ3n) is 2.35. The number of aliphatic hydroxyl groups is 1. The Morgan fingerprint density at radius 1 is 1.38 bits per heavy atom. The van der Waals surface area contributed by atoms with E-state index in [1.165, 1.54) is 6.92 Å². The molecule has 0 aliphatic heterocycles. The molecule has 0 aliphatic carbocycles. The fourth-order valence-electron chi connectivity index (χ4n) is 1.16. The predicted molar refractivity (Wildman–Crippen MR) is 51.2 cm³/mol. The van der Waals surface area contributed by atoms with Crippen molar-refractivity contribution >= 4 is 0 Å². The Morgan fingerprint density at radius 3 is 2.38 bits per heavy atom. The van der Waals surface area contributed by atoms with Crippen LogP contribution in [-0.2, 0) is 0 Å². The Kier molecular flexibility index (Phi) is 5.62. The Balaban J connectivity index is 3.78. The fourth-order valence-corrected chi connectivity index (χ4v) is 1.16. The van der Waals surface area contributed by atoms with Crippen molar-refractivity contribution in [3.8, 4) is 0 Å². The van der Waals surface area contributed by atoms with Crippen LogP contribution in [-0.4, -0.2) is 22.2 Å². The lowest BCUT2D eigenvalue weighted by atomic mass is 9.96. The first-order chi connectivity index (χ1) is 6.06. The van der Waals surface area contributed by atoms with Gasteiger partial charge >= 0.3 is 0 Å². The Morgan fingerprint density at radius 2 is 2.00 bits per heavy atom. The molecule has 78 valence electrons. The monoisotopic (exact) mass is 189 g/mol. The number of aliphatic hydroxyl groups excluding tert-OH is 1. The van der Waals surface area contributed by atoms with Crippen molar-refractivity contribution < 1.29 is 10.0 Å². The second-order valence-electron chi connectivity index (χ2n) is 3.72. The van der Waals surface area contributed by atoms with E-state index < -0.39 is 5.54 Å². The van der Waals surface area contributed by atoms with E-state index in [2.05, 4.69) is 6.92 Å². The van der Waals surface area contributed by atoms with Crippen molar-refractivity contribution in [3.05, 3.63) is 10.1 Å². The zero-order valence-corrected chi connectivity index (χ0v) is 8.45. The van der Waals surface area contributed by atoms with Crippen LogP contribution in [0.25, 0.3) is 0 Å². The summed E-state index contributed by atoms with van der Waals surface area (Å²) in [7, 11) is 0. The van der Waals surface area contributed by atoms with Gasteiger partial charge in [0.2, 0.25) is 5.54 Å². The summed E-state index contributed by atoms with van der Waals surface area (Å²) in [6.07, 6.45) is 4.54. The summed E-state index contributed by atoms with van der Waals surface area (Å²) in [6, 6.07) is 0. The summed E-state index contributed by atoms with van der Waals surface area (Å²) in [5, 5.41) is 19.4. The molecule has 13 heavy (non-hydrogen) atoms. The Bertz CT molecular complexity index is 161. The third kappa shape index (κ3) is 4.22. The van der Waals surface area contributed by atoms with Gasteiger partial charge in [-0.3, -0.25) is 10.1 Å². The molecule has 0 rings (SSSR count). The van der Waals surface area contributed by atoms with E-state index in [1.807, 2.05) is 0 Å². The van der Waals surface area contributed by atoms with Crippen LogP contribution in [0.3, 0.4) is 0 Å². The van der Waals surface area contributed by atoms with Gasteiger partial charge in [0.25, 0.3) is 0 Å². The maximum atomic E-state index is 10.6. The summed E-state index contributed by atoms with van der Waals surface area (Å²) >= 11 is 0. The highest BCUT2D eigenvalue weighted by Gasteiger charge is 2.35. The molecule has 0 aromatic carbocycles. The number of hydrogen-bond donors (Lipinski definition) is 1. The first-order valence-corrected chi connectivity index (χ1v) is 4.82. The molecule has 1 unspecified atom stereocenters. The highest BCUT2D eigenvalue weighted by molar-refractivity contribution is 4.71. The number of nitrogens with zero attached hydrogens (tertiary/aromatic N) is 1. The second kappa shape index (κ2) is 5.91. The molecule has 0 spiro atoms. The summed E-state index contributed by atoms with van der Waals surface area (Å²) in [6.45, 7) is 3.23. The predicted octanol–water partition coefficient (Wildman–Crippen LogP) is 1.98. The van der Waals surface area contributed by atoms with E-state index in [9.17, 15) is 10.1 Å². The van der Waals surface area contributed by atoms with E-state index in [1.54, 1.807) is 0 Å². The van der Waals surface area contributed by atoms with E-state index in [-0.39, 0.29) is 11.5 Å². The molecule has 0 fully saturated rings. The summed E-state index contributed by atoms with van der Waals surface area (Å²) in [5.41, 5.74) is -1.13. The van der Waals surface area contributed by atoms with Crippen LogP contribution in [0, 0.1) is 10.1 Å². The van der Waals surface area contributed by atoms with Gasteiger partial charge in [-0.2, -0.15) is 0 Å². The first kappa shape index (κ1) is 12.4. The lowest BCUT2D eigenvalue weighted by Crippen LogP contribution is -2.38. The molecule has 4 nitrogen and oxygen atoms in total. The zero-order chi connectivity index (χ0) is 10.3. The molecule has 0 saturated carbocycles. The number of rotatable bonds is 7. The highest BCUT2D eigenvalue weighted by atomic mass is 16.6. The minimum atomic E-state index is -1.13. The average Bonchev–Trinajstić information content (AvgIpc) is 2.12. The SMILES string of the molecule is CCCCCCC(C)(CO)[N+](=O)[O-]. The molecule has 0 saturated heterocycles. The molecule has 0 radical (unpaired) electrons. The van der Waals surface area contributed by atoms with Gasteiger partial charge in [-0.1, -0.05) is 26.2 Å². The molecule has 0 amide bonds. The summed E-state index contributed by atoms with van der Waals surface area (Å²) in [4.78, 5) is 10.2. The number of unbranched alkanes of at least 4 members (excludes halogenated alkanes) is 3. The van der Waals surface area contributed by atoms with Crippen LogP contribution in [0.5, 0.6) is 0 Å². The maximum absolute atomic E-state index is 10.6. The van der Waals surface area contributed by atoms with Crippen LogP contribution >= 0.6 is 0 Å². The first-order valence-electron chi connectivity index (χ1n) is 4.82. The van der Waals surface area contributed by atoms with Crippen LogP contribution < -0.4 is 0 Å². The largest absolute Gasteiger partial charge is 0.389 e. The van der Waals surface area contributed by atoms with E-state index in [4.69, 9.17) is 5.11 Å². The summed E-state index contributed by atoms with van der Waals surface area (Å²) in [5.74, 6) is 0. The van der Waals surface area contributed by atoms with Crippen LogP contribution in [0.15, 0.2) is 0 Å². The minimum absolute atomic E-state index is 0.369. The van der Waals surface area contributed by atoms with Crippen molar-refractivity contribution in [1.29, 1.82) is 0 Å². The number of hydrogen-bond acceptors (Lipinski definition) is 3. The summed E-state index contributed by atoms with van der Waals surface area (Å²) < 4.78 is 0. The van der Waals surface area contributed by atoms with Gasteiger partial charge in [0, 0.05) is 18.3 Å². The van der Waals surface area contributed by atoms with Crippen molar-refractivity contribution in [1.82, 2.24) is 0 Å². The third-order valence-corrected chi connectivity index (χ3v) is 2.35. The maximum Gasteiger partial charge on any atom is 0.242 e. The molecule has 0 aromatic rings. The zero-order valence-electron chi connectivity index (χ0n) is 8.45. The van der Waals surface area contributed by atoms with Crippen molar-refractivity contribution in [2.24, 2.45) is 0 Å². The van der Waals surface area contributed by atoms with Gasteiger partial charge in [0.15, 0.2) is 0 Å². The molecule has 0 bridgehead atoms. The molecule has 0 heterocycles. The van der Waals surface area contributed by atoms with E-state index in [0.717, 1.165) is 25.7 Å². The van der Waals surface area contributed by atoms with Gasteiger partial charge in [-0.25, -0.2) is 0 Å². The standard InChI is InChI=1S/C9H19NO3/c1-3-4-5-6-7-9(2,8-11)10(12)13/h11H,3-8H2,1-2H3. The molecule has 0 aliphatic rings. The topological polar surface area (TPSA) is 63.4 Å². The second-order valence-corrected chi connectivity index (χ2v) is 3.72.